The number of benzene rings is 1. The molecule has 0 N–H and O–H groups in total. The number of nitrogens with zero attached hydrogens (tertiary/aromatic N) is 4. The quantitative estimate of drug-likeness (QED) is 0.810. The van der Waals surface area contributed by atoms with Crippen LogP contribution in [0.1, 0.15) is 24.1 Å². The lowest BCUT2D eigenvalue weighted by Gasteiger charge is -2.36. The smallest absolute Gasteiger partial charge is 0.267 e. The van der Waals surface area contributed by atoms with Gasteiger partial charge in [0.25, 0.3) is 5.56 Å². The molecule has 0 bridgehead atoms. The normalized spacial score (nSPS) is 16.9. The summed E-state index contributed by atoms with van der Waals surface area (Å²) in [7, 11) is 0. The minimum Gasteiger partial charge on any atom is -0.368 e. The van der Waals surface area contributed by atoms with Crippen molar-refractivity contribution in [3.63, 3.8) is 0 Å². The first-order chi connectivity index (χ1) is 13.1. The first-order valence-corrected chi connectivity index (χ1v) is 9.86. The monoisotopic (exact) mass is 386 g/mol. The van der Waals surface area contributed by atoms with Gasteiger partial charge in [0.05, 0.1) is 5.69 Å². The SMILES string of the molecule is O=C(Cn1nc2c(cc1=O)CCCC2)N1CCN(c2ccc(Cl)cc2)CC1. The van der Waals surface area contributed by atoms with E-state index in [1.165, 1.54) is 4.68 Å². The molecular weight excluding hydrogens is 364 g/mol. The number of hydrogen-bond acceptors (Lipinski definition) is 4. The summed E-state index contributed by atoms with van der Waals surface area (Å²) in [6.07, 6.45) is 4.01. The molecule has 142 valence electrons. The van der Waals surface area contributed by atoms with Gasteiger partial charge in [0.2, 0.25) is 5.91 Å². The summed E-state index contributed by atoms with van der Waals surface area (Å²) in [5.41, 5.74) is 2.95. The first kappa shape index (κ1) is 18.0. The number of amides is 1. The number of aryl methyl sites for hydroxylation is 2. The maximum Gasteiger partial charge on any atom is 0.267 e. The van der Waals surface area contributed by atoms with Crippen molar-refractivity contribution in [2.75, 3.05) is 31.1 Å². The highest BCUT2D eigenvalue weighted by Gasteiger charge is 2.22. The topological polar surface area (TPSA) is 58.4 Å². The molecule has 1 aromatic heterocycles. The van der Waals surface area contributed by atoms with E-state index < -0.39 is 0 Å². The van der Waals surface area contributed by atoms with Crippen molar-refractivity contribution in [1.82, 2.24) is 14.7 Å². The third-order valence-electron chi connectivity index (χ3n) is 5.38. The van der Waals surface area contributed by atoms with Crippen LogP contribution in [0, 0.1) is 0 Å². The molecule has 0 unspecified atom stereocenters. The van der Waals surface area contributed by atoms with Crippen LogP contribution in [0.4, 0.5) is 5.69 Å². The average Bonchev–Trinajstić information content (AvgIpc) is 2.69. The fourth-order valence-electron chi connectivity index (χ4n) is 3.81. The molecule has 2 aliphatic rings. The van der Waals surface area contributed by atoms with Gasteiger partial charge in [0.15, 0.2) is 0 Å². The number of rotatable bonds is 3. The van der Waals surface area contributed by atoms with Gasteiger partial charge in [-0.2, -0.15) is 5.10 Å². The fourth-order valence-corrected chi connectivity index (χ4v) is 3.93. The average molecular weight is 387 g/mol. The second kappa shape index (κ2) is 7.72. The number of piperazine rings is 1. The van der Waals surface area contributed by atoms with E-state index in [2.05, 4.69) is 10.00 Å². The highest BCUT2D eigenvalue weighted by atomic mass is 35.5. The number of fused-ring (bicyclic) bond motifs is 1. The largest absolute Gasteiger partial charge is 0.368 e. The molecule has 1 fully saturated rings. The molecule has 0 spiro atoms. The Morgan fingerprint density at radius 1 is 1.04 bits per heavy atom. The van der Waals surface area contributed by atoms with Crippen LogP contribution in [0.3, 0.4) is 0 Å². The number of carbonyl (C=O) groups excluding carboxylic acids is 1. The zero-order valence-electron chi connectivity index (χ0n) is 15.2. The predicted octanol–water partition coefficient (Wildman–Crippen LogP) is 2.12. The second-order valence-corrected chi connectivity index (χ2v) is 7.60. The molecule has 1 aliphatic heterocycles. The molecule has 0 saturated carbocycles. The van der Waals surface area contributed by atoms with Crippen LogP contribution in [0.2, 0.25) is 5.02 Å². The van der Waals surface area contributed by atoms with Crippen LogP contribution in [0.25, 0.3) is 0 Å². The van der Waals surface area contributed by atoms with Gasteiger partial charge in [-0.1, -0.05) is 11.6 Å². The molecule has 27 heavy (non-hydrogen) atoms. The van der Waals surface area contributed by atoms with E-state index in [9.17, 15) is 9.59 Å². The van der Waals surface area contributed by atoms with Crippen molar-refractivity contribution in [3.8, 4) is 0 Å². The number of hydrogen-bond donors (Lipinski definition) is 0. The maximum atomic E-state index is 12.7. The number of halogens is 1. The Hall–Kier alpha value is -2.34. The first-order valence-electron chi connectivity index (χ1n) is 9.48. The third kappa shape index (κ3) is 4.00. The van der Waals surface area contributed by atoms with Crippen LogP contribution in [-0.4, -0.2) is 46.8 Å². The van der Waals surface area contributed by atoms with Gasteiger partial charge >= 0.3 is 0 Å². The Balaban J connectivity index is 1.38. The minimum absolute atomic E-state index is 0.0209. The van der Waals surface area contributed by atoms with Crippen molar-refractivity contribution in [3.05, 3.63) is 57.0 Å². The molecule has 6 nitrogen and oxygen atoms in total. The summed E-state index contributed by atoms with van der Waals surface area (Å²) < 4.78 is 1.33. The summed E-state index contributed by atoms with van der Waals surface area (Å²) in [6.45, 7) is 2.83. The van der Waals surface area contributed by atoms with Crippen molar-refractivity contribution in [2.24, 2.45) is 0 Å². The maximum absolute atomic E-state index is 12.7. The molecule has 1 aromatic carbocycles. The molecule has 4 rings (SSSR count). The van der Waals surface area contributed by atoms with E-state index >= 15 is 0 Å². The van der Waals surface area contributed by atoms with E-state index in [1.54, 1.807) is 6.07 Å². The number of carbonyl (C=O) groups is 1. The molecule has 7 heteroatoms. The lowest BCUT2D eigenvalue weighted by atomic mass is 9.97. The Bertz CT molecular complexity index is 886. The zero-order chi connectivity index (χ0) is 18.8. The van der Waals surface area contributed by atoms with E-state index in [4.69, 9.17) is 11.6 Å². The lowest BCUT2D eigenvalue weighted by molar-refractivity contribution is -0.132. The predicted molar refractivity (Wildman–Crippen MR) is 105 cm³/mol. The van der Waals surface area contributed by atoms with E-state index in [1.807, 2.05) is 29.2 Å². The molecule has 0 radical (unpaired) electrons. The van der Waals surface area contributed by atoms with Crippen LogP contribution in [0.5, 0.6) is 0 Å². The summed E-state index contributed by atoms with van der Waals surface area (Å²) in [4.78, 5) is 29.0. The lowest BCUT2D eigenvalue weighted by Crippen LogP contribution is -2.50. The van der Waals surface area contributed by atoms with Crippen LogP contribution >= 0.6 is 11.6 Å². The molecule has 1 aliphatic carbocycles. The summed E-state index contributed by atoms with van der Waals surface area (Å²) >= 11 is 5.94. The second-order valence-electron chi connectivity index (χ2n) is 7.16. The van der Waals surface area contributed by atoms with Gasteiger partial charge < -0.3 is 9.80 Å². The van der Waals surface area contributed by atoms with Crippen LogP contribution < -0.4 is 10.5 Å². The highest BCUT2D eigenvalue weighted by Crippen LogP contribution is 2.20. The van der Waals surface area contributed by atoms with Crippen molar-refractivity contribution < 1.29 is 4.79 Å². The summed E-state index contributed by atoms with van der Waals surface area (Å²) in [5, 5.41) is 5.17. The molecule has 1 saturated heterocycles. The molecule has 0 atom stereocenters. The summed E-state index contributed by atoms with van der Waals surface area (Å²) in [5.74, 6) is -0.0453. The van der Waals surface area contributed by atoms with Gasteiger partial charge in [-0.3, -0.25) is 9.59 Å². The number of aromatic nitrogens is 2. The minimum atomic E-state index is -0.177. The molecule has 2 heterocycles. The highest BCUT2D eigenvalue weighted by molar-refractivity contribution is 6.30. The summed E-state index contributed by atoms with van der Waals surface area (Å²) in [6, 6.07) is 9.41. The van der Waals surface area contributed by atoms with Gasteiger partial charge in [-0.05, 0) is 55.5 Å². The van der Waals surface area contributed by atoms with E-state index in [0.29, 0.717) is 13.1 Å². The van der Waals surface area contributed by atoms with Gasteiger partial charge in [-0.15, -0.1) is 0 Å². The Morgan fingerprint density at radius 2 is 1.74 bits per heavy atom. The van der Waals surface area contributed by atoms with Gasteiger partial charge in [0.1, 0.15) is 6.54 Å². The van der Waals surface area contributed by atoms with Crippen molar-refractivity contribution in [1.29, 1.82) is 0 Å². The standard InChI is InChI=1S/C20H23ClN4O2/c21-16-5-7-17(8-6-16)23-9-11-24(12-10-23)20(27)14-25-19(26)13-15-3-1-2-4-18(15)22-25/h5-8,13H,1-4,9-12,14H2. The van der Waals surface area contributed by atoms with Crippen molar-refractivity contribution >= 4 is 23.2 Å². The number of anilines is 1. The zero-order valence-corrected chi connectivity index (χ0v) is 16.0. The van der Waals surface area contributed by atoms with Gasteiger partial charge in [-0.25, -0.2) is 4.68 Å². The van der Waals surface area contributed by atoms with Crippen LogP contribution in [-0.2, 0) is 24.2 Å². The Morgan fingerprint density at radius 3 is 2.48 bits per heavy atom. The molecule has 2 aromatic rings. The third-order valence-corrected chi connectivity index (χ3v) is 5.64. The Kier molecular flexibility index (Phi) is 5.16. The Labute approximate surface area is 163 Å². The van der Waals surface area contributed by atoms with E-state index in [0.717, 1.165) is 60.7 Å². The molecular formula is C20H23ClN4O2. The van der Waals surface area contributed by atoms with Crippen LogP contribution in [0.15, 0.2) is 35.1 Å². The van der Waals surface area contributed by atoms with Crippen molar-refractivity contribution in [2.45, 2.75) is 32.2 Å². The fraction of sp³-hybridized carbons (Fsp3) is 0.450. The molecule has 1 amide bonds. The van der Waals surface area contributed by atoms with E-state index in [-0.39, 0.29) is 18.0 Å². The van der Waals surface area contributed by atoms with Gasteiger partial charge in [0, 0.05) is 43.0 Å².